The fraction of sp³-hybridized carbons (Fsp3) is 0.812. The van der Waals surface area contributed by atoms with Gasteiger partial charge in [-0.25, -0.2) is 14.6 Å². The topological polar surface area (TPSA) is 557 Å². The number of H-pyrrole nitrogens is 1. The van der Waals surface area contributed by atoms with Crippen LogP contribution in [0.15, 0.2) is 42.9 Å². The molecule has 0 bridgehead atoms. The second-order valence-corrected chi connectivity index (χ2v) is 43.6. The fourth-order valence-corrected chi connectivity index (χ4v) is 10.1. The first-order valence-electron chi connectivity index (χ1n) is 45.6. The number of nitrogens with two attached hydrogens (primary N) is 8. The third-order valence-electron chi connectivity index (χ3n) is 16.1. The number of aliphatic hydroxyl groups is 2. The number of piperidine rings is 2. The van der Waals surface area contributed by atoms with Gasteiger partial charge in [-0.15, -0.1) is 0 Å². The molecule has 36 heteroatoms. The first-order valence-corrected chi connectivity index (χ1v) is 45.6. The Balaban J connectivity index is -0.000000455. The molecular weight excluding hydrogens is 1710 g/mol. The number of aliphatic hydroxyl groups excluding tert-OH is 2. The standard InChI is InChI=1S/C15H28N2O2.C12H17NO2.C10H17N3O2.C10H21NO2.C10H20O3.C9H19NO2.2C8H17NO3.C7H15NO3.C7H15NO2/c1-15(2,3)19-14(18)17-11-7-13(8-12-17)16-9-5-4-6-10-16;1-12(2,3)15-11(14)10(13)9-7-5-4-6-8-9;1-10(2,3)15-9(14)8(11)4-7-5-12-6-13-7;1-7(2)6-8(11)9(12)13-10(3,4)5;1-9(2,3)11-6-8-7-12-10(4,5)13-8;1-6(2)7(10)8(11)12-9(3,4)5;1-8(2,3)12-7(10)6(9)5-11-4;1-5(10)6(9)7(11)12-8(2,3)4;1-7(2,3)11-6(10)5(8)4-9;1-5(8)6(9)10-7(2,3)4/h13H,4-12H2,1-3H3;4-8,10H,13H2,1-3H3;5-6,8H,4,11H2,1-3H3,(H,12,13);7-8H,6,11H2,1-5H3;8H,6-7H2,1-5H3;6-7H,10H2,1-5H3;6H,5,9H2,1-4H3;5-6,10H,9H2,1-4H3;5,9H,4,8H2,1-3H3;5H,8H2,1-4H3/t;10-;3*8-;7-;6-;5-,6+;2*5-/m.000010101/s1. The molecule has 5 rings (SSSR count). The van der Waals surface area contributed by atoms with E-state index in [0.29, 0.717) is 38.0 Å². The van der Waals surface area contributed by atoms with Crippen LogP contribution in [0, 0.1) is 11.8 Å². The van der Waals surface area contributed by atoms with Crippen molar-refractivity contribution in [3.8, 4) is 0 Å². The predicted octanol–water partition coefficient (Wildman–Crippen LogP) is 11.1. The summed E-state index contributed by atoms with van der Waals surface area (Å²) in [5, 5.41) is 17.4. The number of carbonyl (C=O) groups is 9. The van der Waals surface area contributed by atoms with Gasteiger partial charge in [0.2, 0.25) is 0 Å². The van der Waals surface area contributed by atoms with Gasteiger partial charge in [-0.3, -0.25) is 33.6 Å². The number of benzene rings is 1. The third kappa shape index (κ3) is 78.1. The smallest absolute Gasteiger partial charge is 0.410 e. The summed E-state index contributed by atoms with van der Waals surface area (Å²) in [5.74, 6) is -3.23. The Labute approximate surface area is 792 Å². The number of hydrogen-bond donors (Lipinski definition) is 11. The Morgan fingerprint density at radius 1 is 0.477 bits per heavy atom. The molecule has 19 N–H and O–H groups in total. The van der Waals surface area contributed by atoms with E-state index in [4.69, 9.17) is 118 Å². The van der Waals surface area contributed by atoms with Gasteiger partial charge in [0, 0.05) is 44.6 Å². The molecule has 4 heterocycles. The molecule has 0 spiro atoms. The first-order chi connectivity index (χ1) is 59.3. The van der Waals surface area contributed by atoms with Gasteiger partial charge in [0.25, 0.3) is 0 Å². The van der Waals surface area contributed by atoms with Gasteiger partial charge < -0.3 is 132 Å². The average molecular weight is 1890 g/mol. The number of aromatic nitrogens is 2. The molecule has 0 unspecified atom stereocenters. The molecule has 0 radical (unpaired) electrons. The minimum Gasteiger partial charge on any atom is -0.459 e. The van der Waals surface area contributed by atoms with E-state index in [0.717, 1.165) is 37.2 Å². The molecule has 0 saturated carbocycles. The molecule has 3 aliphatic heterocycles. The second-order valence-electron chi connectivity index (χ2n) is 43.6. The molecule has 36 nitrogen and oxygen atoms in total. The molecule has 132 heavy (non-hydrogen) atoms. The molecule has 1 aromatic carbocycles. The lowest BCUT2D eigenvalue weighted by Crippen LogP contribution is -2.49. The van der Waals surface area contributed by atoms with Crippen LogP contribution in [-0.4, -0.2) is 266 Å². The number of nitrogens with one attached hydrogen (secondary N) is 1. The summed E-state index contributed by atoms with van der Waals surface area (Å²) in [5.41, 5.74) is 41.2. The number of nitrogens with zero attached hydrogens (tertiary/aromatic N) is 3. The minimum atomic E-state index is -0.954. The Morgan fingerprint density at radius 3 is 1.17 bits per heavy atom. The zero-order chi connectivity index (χ0) is 105. The summed E-state index contributed by atoms with van der Waals surface area (Å²) in [6.45, 7) is 75.1. The van der Waals surface area contributed by atoms with Crippen LogP contribution in [0.25, 0.3) is 0 Å². The van der Waals surface area contributed by atoms with Crippen LogP contribution < -0.4 is 45.9 Å². The molecule has 3 fully saturated rings. The molecular formula is C96H186N12O24. The largest absolute Gasteiger partial charge is 0.459 e. The number of methoxy groups -OCH3 is 1. The predicted molar refractivity (Wildman–Crippen MR) is 516 cm³/mol. The number of amides is 1. The summed E-state index contributed by atoms with van der Waals surface area (Å²) < 4.78 is 67.1. The molecule has 3 saturated heterocycles. The van der Waals surface area contributed by atoms with Crippen molar-refractivity contribution < 1.29 is 115 Å². The summed E-state index contributed by atoms with van der Waals surface area (Å²) in [7, 11) is 1.49. The van der Waals surface area contributed by atoms with Crippen molar-refractivity contribution in [1.82, 2.24) is 19.8 Å². The van der Waals surface area contributed by atoms with Gasteiger partial charge >= 0.3 is 53.8 Å². The number of likely N-dealkylation sites (tertiary alicyclic amines) is 2. The lowest BCUT2D eigenvalue weighted by molar-refractivity contribution is -0.159. The number of carbonyl (C=O) groups excluding carboxylic acids is 9. The normalized spacial score (nSPS) is 17.0. The van der Waals surface area contributed by atoms with Gasteiger partial charge in [0.1, 0.15) is 105 Å². The van der Waals surface area contributed by atoms with Gasteiger partial charge in [-0.1, -0.05) is 64.4 Å². The highest BCUT2D eigenvalue weighted by Gasteiger charge is 2.36. The summed E-state index contributed by atoms with van der Waals surface area (Å²) in [4.78, 5) is 113. The molecule has 774 valence electrons. The highest BCUT2D eigenvalue weighted by Crippen LogP contribution is 2.26. The van der Waals surface area contributed by atoms with E-state index in [2.05, 4.69) is 14.9 Å². The number of rotatable bonds is 21. The third-order valence-corrected chi connectivity index (χ3v) is 16.1. The van der Waals surface area contributed by atoms with Crippen molar-refractivity contribution in [3.63, 3.8) is 0 Å². The number of imidazole rings is 1. The highest BCUT2D eigenvalue weighted by molar-refractivity contribution is 5.79. The van der Waals surface area contributed by atoms with Crippen molar-refractivity contribution >= 4 is 53.8 Å². The van der Waals surface area contributed by atoms with Crippen molar-refractivity contribution in [1.29, 1.82) is 0 Å². The van der Waals surface area contributed by atoms with E-state index in [-0.39, 0.29) is 60.4 Å². The fourth-order valence-electron chi connectivity index (χ4n) is 10.1. The summed E-state index contributed by atoms with van der Waals surface area (Å²) in [6, 6.07) is 4.44. The SMILES string of the molecule is CC(C)(C)OC(=O)N1CCC(N2CCCCC2)CC1.CC(C)(C)OC(=O)[C@@H](N)CO.CC(C)(C)OC(=O)[C@@H](N)Cc1cnc[nH]1.CC(C)(C)OC(=O)[C@@H](N)c1ccccc1.CC(C)(C)OC[C@H]1COC(C)(C)O1.CC(C)C[C@H](N)C(=O)OC(C)(C)C.CC(C)[C@@H](N)C(=O)OC(C)(C)C.COC[C@H](N)C(=O)OC(C)(C)C.C[C@@H](N)C(=O)OC(C)(C)C.C[C@@H](O)[C@H](N)C(=O)OC(C)(C)C. The number of ether oxygens (including phenoxy) is 13. The molecule has 2 aromatic rings. The van der Waals surface area contributed by atoms with Gasteiger partial charge in [0.15, 0.2) is 5.79 Å². The molecule has 1 amide bonds. The number of hydrogen-bond acceptors (Lipinski definition) is 34. The van der Waals surface area contributed by atoms with Crippen molar-refractivity contribution in [2.24, 2.45) is 57.7 Å². The second kappa shape index (κ2) is 61.9. The van der Waals surface area contributed by atoms with Crippen LogP contribution in [0.3, 0.4) is 0 Å². The Morgan fingerprint density at radius 2 is 0.848 bits per heavy atom. The minimum absolute atomic E-state index is 0.0780. The maximum absolute atomic E-state index is 12.0. The van der Waals surface area contributed by atoms with Crippen LogP contribution in [0.4, 0.5) is 4.79 Å². The Bertz CT molecular complexity index is 3460. The van der Waals surface area contributed by atoms with Gasteiger partial charge in [-0.05, 0) is 298 Å². The van der Waals surface area contributed by atoms with Crippen LogP contribution in [-0.2, 0) is 106 Å². The number of esters is 8. The van der Waals surface area contributed by atoms with E-state index in [1.807, 2.05) is 222 Å². The van der Waals surface area contributed by atoms with E-state index in [9.17, 15) is 43.2 Å². The number of aromatic amines is 1. The van der Waals surface area contributed by atoms with Crippen LogP contribution in [0.2, 0.25) is 0 Å². The summed E-state index contributed by atoms with van der Waals surface area (Å²) >= 11 is 0. The Kier molecular flexibility index (Phi) is 62.5. The molecule has 3 aliphatic rings. The van der Waals surface area contributed by atoms with Crippen LogP contribution in [0.5, 0.6) is 0 Å². The van der Waals surface area contributed by atoms with Gasteiger partial charge in [-0.2, -0.15) is 0 Å². The zero-order valence-corrected chi connectivity index (χ0v) is 88.5. The van der Waals surface area contributed by atoms with E-state index < -0.39 is 135 Å². The zero-order valence-electron chi connectivity index (χ0n) is 88.5. The molecule has 10 atom stereocenters. The monoisotopic (exact) mass is 1890 g/mol. The average Bonchev–Trinajstić information content (AvgIpc) is 1.36. The van der Waals surface area contributed by atoms with Crippen LogP contribution in [0.1, 0.15) is 319 Å². The molecule has 0 aliphatic carbocycles. The molecule has 1 aromatic heterocycles. The lowest BCUT2D eigenvalue weighted by atomic mass is 10.0. The lowest BCUT2D eigenvalue weighted by Gasteiger charge is -2.40. The van der Waals surface area contributed by atoms with Crippen molar-refractivity contribution in [2.45, 2.75) is 436 Å². The maximum Gasteiger partial charge on any atom is 0.410 e. The quantitative estimate of drug-likeness (QED) is 0.0408. The Hall–Kier alpha value is -7.14. The van der Waals surface area contributed by atoms with Crippen LogP contribution >= 0.6 is 0 Å². The maximum atomic E-state index is 12.0. The van der Waals surface area contributed by atoms with E-state index in [1.54, 1.807) is 81.8 Å². The van der Waals surface area contributed by atoms with E-state index >= 15 is 0 Å². The van der Waals surface area contributed by atoms with Gasteiger partial charge in [0.05, 0.1) is 44.5 Å². The van der Waals surface area contributed by atoms with Crippen molar-refractivity contribution in [3.05, 3.63) is 54.1 Å². The van der Waals surface area contributed by atoms with E-state index in [1.165, 1.54) is 46.4 Å². The first kappa shape index (κ1) is 133. The van der Waals surface area contributed by atoms with Crippen molar-refractivity contribution in [2.75, 3.05) is 59.7 Å². The summed E-state index contributed by atoms with van der Waals surface area (Å²) in [6.07, 6.45) is 9.59. The highest BCUT2D eigenvalue weighted by atomic mass is 16.7.